The zero-order valence-electron chi connectivity index (χ0n) is 8.62. The molecule has 1 aromatic rings. The van der Waals surface area contributed by atoms with E-state index >= 15 is 0 Å². The Morgan fingerprint density at radius 2 is 1.67 bits per heavy atom. The van der Waals surface area contributed by atoms with Crippen LogP contribution in [0.1, 0.15) is 12.8 Å². The van der Waals surface area contributed by atoms with Crippen molar-refractivity contribution in [2.45, 2.75) is 24.9 Å². The molecule has 2 saturated heterocycles. The van der Waals surface area contributed by atoms with E-state index in [1.54, 1.807) is 12.1 Å². The van der Waals surface area contributed by atoms with Crippen molar-refractivity contribution in [2.75, 3.05) is 18.0 Å². The Kier molecular flexibility index (Phi) is 2.13. The minimum Gasteiger partial charge on any atom is -0.368 e. The summed E-state index contributed by atoms with van der Waals surface area (Å²) in [5.41, 5.74) is 1.15. The van der Waals surface area contributed by atoms with Gasteiger partial charge >= 0.3 is 0 Å². The van der Waals surface area contributed by atoms with Crippen molar-refractivity contribution >= 4 is 5.69 Å². The highest BCUT2D eigenvalue weighted by atomic mass is 19.1. The minimum absolute atomic E-state index is 0.156. The first-order valence-corrected chi connectivity index (χ1v) is 5.58. The van der Waals surface area contributed by atoms with E-state index in [4.69, 9.17) is 0 Å². The van der Waals surface area contributed by atoms with Gasteiger partial charge in [0.25, 0.3) is 0 Å². The molecule has 1 N–H and O–H groups in total. The molecule has 0 aromatic heterocycles. The Morgan fingerprint density at radius 3 is 2.27 bits per heavy atom. The number of nitrogens with zero attached hydrogens (tertiary/aromatic N) is 1. The molecule has 15 heavy (non-hydrogen) atoms. The predicted molar refractivity (Wildman–Crippen MR) is 58.6 cm³/mol. The van der Waals surface area contributed by atoms with E-state index in [0.29, 0.717) is 12.1 Å². The normalized spacial score (nSPS) is 29.5. The van der Waals surface area contributed by atoms with Crippen LogP contribution in [0.15, 0.2) is 24.3 Å². The molecule has 0 radical (unpaired) electrons. The fraction of sp³-hybridized carbons (Fsp3) is 0.500. The zero-order chi connectivity index (χ0) is 10.3. The van der Waals surface area contributed by atoms with Crippen LogP contribution in [-0.2, 0) is 0 Å². The predicted octanol–water partition coefficient (Wildman–Crippen LogP) is 1.77. The maximum absolute atomic E-state index is 12.8. The van der Waals surface area contributed by atoms with Crippen molar-refractivity contribution in [1.29, 1.82) is 0 Å². The van der Waals surface area contributed by atoms with Crippen LogP contribution in [0, 0.1) is 5.82 Å². The van der Waals surface area contributed by atoms with Crippen LogP contribution in [0.4, 0.5) is 10.1 Å². The molecular formula is C12H15FN2. The van der Waals surface area contributed by atoms with Gasteiger partial charge in [0, 0.05) is 30.9 Å². The summed E-state index contributed by atoms with van der Waals surface area (Å²) >= 11 is 0. The summed E-state index contributed by atoms with van der Waals surface area (Å²) in [5.74, 6) is -0.156. The van der Waals surface area contributed by atoms with Crippen molar-refractivity contribution in [2.24, 2.45) is 0 Å². The van der Waals surface area contributed by atoms with Gasteiger partial charge in [0.15, 0.2) is 0 Å². The van der Waals surface area contributed by atoms with Crippen molar-refractivity contribution in [3.8, 4) is 0 Å². The summed E-state index contributed by atoms with van der Waals surface area (Å²) < 4.78 is 12.8. The lowest BCUT2D eigenvalue weighted by Gasteiger charge is -2.34. The van der Waals surface area contributed by atoms with Crippen LogP contribution in [0.5, 0.6) is 0 Å². The van der Waals surface area contributed by atoms with Gasteiger partial charge in [-0.2, -0.15) is 0 Å². The summed E-state index contributed by atoms with van der Waals surface area (Å²) in [6, 6.07) is 8.10. The van der Waals surface area contributed by atoms with Gasteiger partial charge in [-0.25, -0.2) is 4.39 Å². The van der Waals surface area contributed by atoms with Gasteiger partial charge in [0.1, 0.15) is 5.82 Å². The van der Waals surface area contributed by atoms with Gasteiger partial charge in [0.05, 0.1) is 0 Å². The molecule has 0 amide bonds. The number of hydrogen-bond donors (Lipinski definition) is 1. The smallest absolute Gasteiger partial charge is 0.123 e. The number of rotatable bonds is 1. The van der Waals surface area contributed by atoms with Gasteiger partial charge in [-0.15, -0.1) is 0 Å². The van der Waals surface area contributed by atoms with E-state index in [9.17, 15) is 4.39 Å². The molecule has 2 fully saturated rings. The van der Waals surface area contributed by atoms with Gasteiger partial charge < -0.3 is 10.2 Å². The van der Waals surface area contributed by atoms with E-state index in [0.717, 1.165) is 18.8 Å². The topological polar surface area (TPSA) is 15.3 Å². The van der Waals surface area contributed by atoms with E-state index in [1.165, 1.54) is 12.8 Å². The zero-order valence-corrected chi connectivity index (χ0v) is 8.62. The molecule has 0 unspecified atom stereocenters. The van der Waals surface area contributed by atoms with Crippen molar-refractivity contribution < 1.29 is 4.39 Å². The first kappa shape index (κ1) is 9.16. The molecule has 1 aromatic carbocycles. The fourth-order valence-electron chi connectivity index (χ4n) is 2.66. The van der Waals surface area contributed by atoms with Crippen LogP contribution < -0.4 is 10.2 Å². The van der Waals surface area contributed by atoms with E-state index in [-0.39, 0.29) is 5.82 Å². The van der Waals surface area contributed by atoms with Crippen LogP contribution in [-0.4, -0.2) is 25.2 Å². The molecule has 0 saturated carbocycles. The van der Waals surface area contributed by atoms with Crippen LogP contribution in [0.2, 0.25) is 0 Å². The molecule has 3 rings (SSSR count). The number of piperazine rings is 1. The Hall–Kier alpha value is -1.09. The minimum atomic E-state index is -0.156. The Bertz CT molecular complexity index is 337. The third kappa shape index (κ3) is 1.72. The molecule has 2 aliphatic rings. The maximum atomic E-state index is 12.8. The first-order valence-electron chi connectivity index (χ1n) is 5.58. The second kappa shape index (κ2) is 3.49. The molecule has 2 nitrogen and oxygen atoms in total. The molecule has 2 bridgehead atoms. The van der Waals surface area contributed by atoms with Crippen molar-refractivity contribution in [3.63, 3.8) is 0 Å². The quantitative estimate of drug-likeness (QED) is 0.753. The van der Waals surface area contributed by atoms with Crippen molar-refractivity contribution in [1.82, 2.24) is 5.32 Å². The monoisotopic (exact) mass is 206 g/mol. The van der Waals surface area contributed by atoms with Crippen LogP contribution in [0.25, 0.3) is 0 Å². The molecule has 0 spiro atoms. The van der Waals surface area contributed by atoms with E-state index in [2.05, 4.69) is 10.2 Å². The summed E-state index contributed by atoms with van der Waals surface area (Å²) in [6.07, 6.45) is 2.56. The largest absolute Gasteiger partial charge is 0.368 e. The molecule has 3 heteroatoms. The maximum Gasteiger partial charge on any atom is 0.123 e. The van der Waals surface area contributed by atoms with E-state index in [1.807, 2.05) is 12.1 Å². The average molecular weight is 206 g/mol. The summed E-state index contributed by atoms with van der Waals surface area (Å²) in [4.78, 5) is 2.36. The van der Waals surface area contributed by atoms with Gasteiger partial charge in [-0.05, 0) is 37.1 Å². The highest BCUT2D eigenvalue weighted by molar-refractivity contribution is 5.47. The lowest BCUT2D eigenvalue weighted by Crippen LogP contribution is -2.51. The first-order chi connectivity index (χ1) is 7.31. The fourth-order valence-corrected chi connectivity index (χ4v) is 2.66. The average Bonchev–Trinajstić information content (AvgIpc) is 2.59. The Labute approximate surface area is 89.1 Å². The standard InChI is InChI=1S/C12H15FN2/c13-9-1-5-12(6-2-9)15-7-10-3-4-11(8-15)14-10/h1-2,5-6,10-11,14H,3-4,7-8H2/t10-,11+. The second-order valence-electron chi connectivity index (χ2n) is 4.52. The Morgan fingerprint density at radius 1 is 1.07 bits per heavy atom. The molecule has 2 atom stereocenters. The van der Waals surface area contributed by atoms with E-state index < -0.39 is 0 Å². The van der Waals surface area contributed by atoms with Crippen LogP contribution in [0.3, 0.4) is 0 Å². The number of benzene rings is 1. The van der Waals surface area contributed by atoms with Crippen LogP contribution >= 0.6 is 0 Å². The summed E-state index contributed by atoms with van der Waals surface area (Å²) in [5, 5.41) is 3.59. The summed E-state index contributed by atoms with van der Waals surface area (Å²) in [7, 11) is 0. The number of halogens is 1. The van der Waals surface area contributed by atoms with Gasteiger partial charge in [0.2, 0.25) is 0 Å². The number of nitrogens with one attached hydrogen (secondary N) is 1. The lowest BCUT2D eigenvalue weighted by atomic mass is 10.2. The lowest BCUT2D eigenvalue weighted by molar-refractivity contribution is 0.465. The molecule has 2 heterocycles. The molecular weight excluding hydrogens is 191 g/mol. The van der Waals surface area contributed by atoms with Gasteiger partial charge in [-0.1, -0.05) is 0 Å². The molecule has 80 valence electrons. The summed E-state index contributed by atoms with van der Waals surface area (Å²) in [6.45, 7) is 2.12. The second-order valence-corrected chi connectivity index (χ2v) is 4.52. The number of fused-ring (bicyclic) bond motifs is 2. The Balaban J connectivity index is 1.80. The van der Waals surface area contributed by atoms with Gasteiger partial charge in [-0.3, -0.25) is 0 Å². The SMILES string of the molecule is Fc1ccc(N2C[C@H]3CC[C@@H](C2)N3)cc1. The molecule has 0 aliphatic carbocycles. The molecule has 2 aliphatic heterocycles. The highest BCUT2D eigenvalue weighted by Crippen LogP contribution is 2.25. The highest BCUT2D eigenvalue weighted by Gasteiger charge is 2.31. The number of hydrogen-bond acceptors (Lipinski definition) is 2. The third-order valence-electron chi connectivity index (χ3n) is 3.41. The third-order valence-corrected chi connectivity index (χ3v) is 3.41. The van der Waals surface area contributed by atoms with Crippen molar-refractivity contribution in [3.05, 3.63) is 30.1 Å². The number of anilines is 1.